The normalized spacial score (nSPS) is 20.0. The van der Waals surface area contributed by atoms with Gasteiger partial charge >= 0.3 is 0 Å². The van der Waals surface area contributed by atoms with Crippen molar-refractivity contribution < 1.29 is 9.59 Å². The van der Waals surface area contributed by atoms with E-state index in [9.17, 15) is 14.9 Å². The van der Waals surface area contributed by atoms with Gasteiger partial charge in [0.1, 0.15) is 0 Å². The van der Waals surface area contributed by atoms with Crippen molar-refractivity contribution in [1.82, 2.24) is 9.88 Å². The molecule has 0 radical (unpaired) electrons. The van der Waals surface area contributed by atoms with Crippen molar-refractivity contribution in [3.8, 4) is 17.2 Å². The number of nitrogen functional groups attached to an aromatic ring is 1. The summed E-state index contributed by atoms with van der Waals surface area (Å²) in [4.78, 5) is 33.7. The number of carbonyl (C=O) groups is 2. The summed E-state index contributed by atoms with van der Waals surface area (Å²) in [5.41, 5.74) is 11.0. The van der Waals surface area contributed by atoms with E-state index in [2.05, 4.69) is 22.9 Å². The summed E-state index contributed by atoms with van der Waals surface area (Å²) in [6, 6.07) is 16.6. The van der Waals surface area contributed by atoms with Gasteiger partial charge in [-0.3, -0.25) is 19.5 Å². The summed E-state index contributed by atoms with van der Waals surface area (Å²) < 4.78 is 0. The first kappa shape index (κ1) is 20.7. The Morgan fingerprint density at radius 3 is 2.45 bits per heavy atom. The molecular formula is C26H23N5O2. The van der Waals surface area contributed by atoms with Crippen LogP contribution in [0.1, 0.15) is 46.0 Å². The van der Waals surface area contributed by atoms with Crippen molar-refractivity contribution in [2.75, 3.05) is 17.2 Å². The second kappa shape index (κ2) is 8.06. The molecule has 2 N–H and O–H groups in total. The Bertz CT molecular complexity index is 1280. The number of amides is 2. The van der Waals surface area contributed by atoms with Gasteiger partial charge in [-0.1, -0.05) is 18.2 Å². The standard InChI is InChI=1S/C26H23N5O2/c1-16-12-19(31-25(32)20-4-2-3-5-21(20)26(31)33)9-11-30(16)24-13-17(6-7-23(24)28)22-15-29-10-8-18(22)14-27/h2-8,10,13,15-16,19H,9,11-12,28H2,1H3. The smallest absolute Gasteiger partial charge is 0.261 e. The van der Waals surface area contributed by atoms with Gasteiger partial charge in [-0.25, -0.2) is 0 Å². The Kier molecular flexibility index (Phi) is 5.06. The van der Waals surface area contributed by atoms with Crippen LogP contribution in [-0.4, -0.2) is 40.3 Å². The zero-order chi connectivity index (χ0) is 23.1. The summed E-state index contributed by atoms with van der Waals surface area (Å²) >= 11 is 0. The van der Waals surface area contributed by atoms with Gasteiger partial charge in [0.15, 0.2) is 0 Å². The third-order valence-corrected chi connectivity index (χ3v) is 6.63. The molecule has 164 valence electrons. The van der Waals surface area contributed by atoms with E-state index in [0.717, 1.165) is 16.8 Å². The number of imide groups is 1. The summed E-state index contributed by atoms with van der Waals surface area (Å²) in [5, 5.41) is 9.46. The second-order valence-corrected chi connectivity index (χ2v) is 8.55. The van der Waals surface area contributed by atoms with Crippen molar-refractivity contribution in [2.24, 2.45) is 0 Å². The number of hydrogen-bond donors (Lipinski definition) is 1. The molecule has 0 bridgehead atoms. The molecule has 7 heteroatoms. The first-order chi connectivity index (χ1) is 16.0. The molecule has 0 spiro atoms. The van der Waals surface area contributed by atoms with Gasteiger partial charge in [0.2, 0.25) is 0 Å². The largest absolute Gasteiger partial charge is 0.397 e. The summed E-state index contributed by atoms with van der Waals surface area (Å²) in [6.45, 7) is 2.74. The van der Waals surface area contributed by atoms with E-state index in [1.165, 1.54) is 4.90 Å². The lowest BCUT2D eigenvalue weighted by Crippen LogP contribution is -2.51. The Morgan fingerprint density at radius 1 is 1.06 bits per heavy atom. The molecule has 1 aromatic heterocycles. The maximum absolute atomic E-state index is 12.9. The minimum absolute atomic E-state index is 0.0648. The summed E-state index contributed by atoms with van der Waals surface area (Å²) in [5.74, 6) is -0.410. The fourth-order valence-corrected chi connectivity index (χ4v) is 4.96. The third kappa shape index (κ3) is 3.40. The highest BCUT2D eigenvalue weighted by Crippen LogP contribution is 2.37. The molecule has 2 aromatic carbocycles. The Hall–Kier alpha value is -4.18. The molecule has 0 aliphatic carbocycles. The van der Waals surface area contributed by atoms with E-state index in [-0.39, 0.29) is 23.9 Å². The van der Waals surface area contributed by atoms with Crippen molar-refractivity contribution in [3.05, 3.63) is 77.6 Å². The van der Waals surface area contributed by atoms with Crippen molar-refractivity contribution in [1.29, 1.82) is 5.26 Å². The summed E-state index contributed by atoms with van der Waals surface area (Å²) in [6.07, 6.45) is 4.61. The van der Waals surface area contributed by atoms with Gasteiger partial charge in [0.05, 0.1) is 34.1 Å². The number of nitriles is 1. The van der Waals surface area contributed by atoms with Gasteiger partial charge in [-0.15, -0.1) is 0 Å². The van der Waals surface area contributed by atoms with E-state index >= 15 is 0 Å². The molecule has 2 amide bonds. The van der Waals surface area contributed by atoms with Crippen LogP contribution in [-0.2, 0) is 0 Å². The van der Waals surface area contributed by atoms with Crippen LogP contribution in [0.15, 0.2) is 60.9 Å². The molecule has 3 heterocycles. The first-order valence-corrected chi connectivity index (χ1v) is 11.0. The van der Waals surface area contributed by atoms with Crippen LogP contribution in [0.5, 0.6) is 0 Å². The predicted octanol–water partition coefficient (Wildman–Crippen LogP) is 3.86. The molecule has 2 unspecified atom stereocenters. The van der Waals surface area contributed by atoms with Crippen molar-refractivity contribution in [2.45, 2.75) is 31.8 Å². The van der Waals surface area contributed by atoms with Gasteiger partial charge in [0.25, 0.3) is 11.8 Å². The number of carbonyl (C=O) groups excluding carboxylic acids is 2. The fraction of sp³-hybridized carbons (Fsp3) is 0.231. The van der Waals surface area contributed by atoms with Gasteiger partial charge < -0.3 is 10.6 Å². The maximum atomic E-state index is 12.9. The minimum Gasteiger partial charge on any atom is -0.397 e. The van der Waals surface area contributed by atoms with Crippen molar-refractivity contribution >= 4 is 23.2 Å². The number of hydrogen-bond acceptors (Lipinski definition) is 6. The van der Waals surface area contributed by atoms with E-state index < -0.39 is 0 Å². The molecule has 1 fully saturated rings. The van der Waals surface area contributed by atoms with Crippen LogP contribution in [0, 0.1) is 11.3 Å². The number of nitrogens with zero attached hydrogens (tertiary/aromatic N) is 4. The maximum Gasteiger partial charge on any atom is 0.261 e. The average Bonchev–Trinajstić information content (AvgIpc) is 3.09. The second-order valence-electron chi connectivity index (χ2n) is 8.55. The lowest BCUT2D eigenvalue weighted by Gasteiger charge is -2.42. The van der Waals surface area contributed by atoms with Crippen LogP contribution < -0.4 is 10.6 Å². The van der Waals surface area contributed by atoms with E-state index in [0.29, 0.717) is 41.8 Å². The van der Waals surface area contributed by atoms with E-state index in [4.69, 9.17) is 5.73 Å². The highest BCUT2D eigenvalue weighted by molar-refractivity contribution is 6.21. The van der Waals surface area contributed by atoms with Crippen LogP contribution in [0.25, 0.3) is 11.1 Å². The number of rotatable bonds is 3. The molecule has 2 atom stereocenters. The Labute approximate surface area is 192 Å². The van der Waals surface area contributed by atoms with Gasteiger partial charge in [0, 0.05) is 36.6 Å². The lowest BCUT2D eigenvalue weighted by atomic mass is 9.94. The fourth-order valence-electron chi connectivity index (χ4n) is 4.96. The number of nitrogens with two attached hydrogens (primary N) is 1. The molecule has 0 saturated carbocycles. The van der Waals surface area contributed by atoms with Crippen molar-refractivity contribution in [3.63, 3.8) is 0 Å². The highest BCUT2D eigenvalue weighted by Gasteiger charge is 2.42. The average molecular weight is 438 g/mol. The van der Waals surface area contributed by atoms with E-state index in [1.54, 1.807) is 42.7 Å². The number of anilines is 2. The molecule has 2 aliphatic rings. The number of aromatic nitrogens is 1. The SMILES string of the molecule is CC1CC(N2C(=O)c3ccccc3C2=O)CCN1c1cc(-c2cnccc2C#N)ccc1N. The van der Waals surface area contributed by atoms with E-state index in [1.807, 2.05) is 18.2 Å². The molecule has 3 aromatic rings. The molecule has 5 rings (SSSR count). The monoisotopic (exact) mass is 437 g/mol. The van der Waals surface area contributed by atoms with Crippen LogP contribution in [0.2, 0.25) is 0 Å². The third-order valence-electron chi connectivity index (χ3n) is 6.63. The lowest BCUT2D eigenvalue weighted by molar-refractivity contribution is 0.0551. The topological polar surface area (TPSA) is 103 Å². The number of benzene rings is 2. The molecule has 1 saturated heterocycles. The van der Waals surface area contributed by atoms with Crippen LogP contribution >= 0.6 is 0 Å². The molecule has 2 aliphatic heterocycles. The number of pyridine rings is 1. The molecule has 33 heavy (non-hydrogen) atoms. The molecule has 7 nitrogen and oxygen atoms in total. The predicted molar refractivity (Wildman–Crippen MR) is 126 cm³/mol. The van der Waals surface area contributed by atoms with Crippen LogP contribution in [0.4, 0.5) is 11.4 Å². The summed E-state index contributed by atoms with van der Waals surface area (Å²) in [7, 11) is 0. The number of piperidine rings is 1. The quantitative estimate of drug-likeness (QED) is 0.493. The zero-order valence-corrected chi connectivity index (χ0v) is 18.2. The van der Waals surface area contributed by atoms with Gasteiger partial charge in [-0.2, -0.15) is 5.26 Å². The number of fused-ring (bicyclic) bond motifs is 1. The Morgan fingerprint density at radius 2 is 1.79 bits per heavy atom. The highest BCUT2D eigenvalue weighted by atomic mass is 16.2. The minimum atomic E-state index is -0.205. The molecular weight excluding hydrogens is 414 g/mol. The Balaban J connectivity index is 1.40. The van der Waals surface area contributed by atoms with Gasteiger partial charge in [-0.05, 0) is 55.7 Å². The van der Waals surface area contributed by atoms with Crippen LogP contribution in [0.3, 0.4) is 0 Å². The first-order valence-electron chi connectivity index (χ1n) is 11.0. The zero-order valence-electron chi connectivity index (χ0n) is 18.2.